The van der Waals surface area contributed by atoms with Gasteiger partial charge in [0.2, 0.25) is 0 Å². The molecule has 3 heteroatoms. The normalized spacial score (nSPS) is 15.8. The van der Waals surface area contributed by atoms with Crippen molar-refractivity contribution in [1.29, 1.82) is 0 Å². The third-order valence-corrected chi connectivity index (χ3v) is 6.26. The predicted octanol–water partition coefficient (Wildman–Crippen LogP) is 6.91. The van der Waals surface area contributed by atoms with Crippen molar-refractivity contribution in [2.75, 3.05) is 19.6 Å². The van der Waals surface area contributed by atoms with Crippen LogP contribution in [0.25, 0.3) is 23.8 Å². The molecule has 0 unspecified atom stereocenters. The summed E-state index contributed by atoms with van der Waals surface area (Å²) in [6, 6.07) is 25.0. The topological polar surface area (TPSA) is 23.5 Å². The minimum Gasteiger partial charge on any atom is -0.508 e. The van der Waals surface area contributed by atoms with Crippen LogP contribution in [0.3, 0.4) is 0 Å². The number of phenols is 1. The van der Waals surface area contributed by atoms with Crippen molar-refractivity contribution in [3.63, 3.8) is 0 Å². The highest BCUT2D eigenvalue weighted by atomic mass is 35.5. The van der Waals surface area contributed by atoms with Gasteiger partial charge in [-0.2, -0.15) is 0 Å². The minimum atomic E-state index is 0. The molecule has 1 saturated heterocycles. The van der Waals surface area contributed by atoms with E-state index in [0.717, 1.165) is 38.0 Å². The number of nitrogens with zero attached hydrogens (tertiary/aromatic N) is 1. The maximum atomic E-state index is 9.62. The molecule has 1 N–H and O–H groups in total. The average molecular weight is 442 g/mol. The van der Waals surface area contributed by atoms with Crippen LogP contribution in [-0.4, -0.2) is 29.6 Å². The Bertz CT molecular complexity index is 1130. The average Bonchev–Trinajstić information content (AvgIpc) is 2.97. The van der Waals surface area contributed by atoms with Gasteiger partial charge in [0.25, 0.3) is 0 Å². The SMILES string of the molecule is Cl.Oc1cccc(/C=C/CN2CCC(=C3c4ccccc4C=Cc4ccccc43)CC2)c1. The number of fused-ring (bicyclic) bond motifs is 2. The van der Waals surface area contributed by atoms with Gasteiger partial charge in [0.05, 0.1) is 0 Å². The van der Waals surface area contributed by atoms with Gasteiger partial charge in [-0.15, -0.1) is 12.4 Å². The van der Waals surface area contributed by atoms with Crippen LogP contribution in [0.5, 0.6) is 5.75 Å². The Morgan fingerprint density at radius 1 is 0.781 bits per heavy atom. The molecule has 0 saturated carbocycles. The van der Waals surface area contributed by atoms with Gasteiger partial charge in [-0.25, -0.2) is 0 Å². The van der Waals surface area contributed by atoms with Gasteiger partial charge in [0.15, 0.2) is 0 Å². The van der Waals surface area contributed by atoms with Crippen molar-refractivity contribution in [3.8, 4) is 5.75 Å². The lowest BCUT2D eigenvalue weighted by Gasteiger charge is -2.29. The summed E-state index contributed by atoms with van der Waals surface area (Å²) in [5.74, 6) is 0.315. The number of rotatable bonds is 3. The number of halogens is 1. The van der Waals surface area contributed by atoms with Crippen LogP contribution < -0.4 is 0 Å². The van der Waals surface area contributed by atoms with E-state index in [-0.39, 0.29) is 12.4 Å². The Morgan fingerprint density at radius 2 is 1.41 bits per heavy atom. The minimum absolute atomic E-state index is 0. The van der Waals surface area contributed by atoms with E-state index in [1.54, 1.807) is 17.7 Å². The molecule has 162 valence electrons. The highest BCUT2D eigenvalue weighted by molar-refractivity contribution is 5.94. The standard InChI is InChI=1S/C29H27NO.ClH/c31-26-11-5-7-22(21-26)8-6-18-30-19-16-25(17-20-30)29-27-12-3-1-9-23(27)14-15-24-10-2-4-13-28(24)29;/h1-15,21,31H,16-20H2;1H/b8-6+;. The van der Waals surface area contributed by atoms with E-state index in [2.05, 4.69) is 77.7 Å². The van der Waals surface area contributed by atoms with Gasteiger partial charge in [-0.1, -0.05) is 90.5 Å². The molecule has 2 aliphatic rings. The second kappa shape index (κ2) is 10.0. The molecule has 3 aromatic rings. The Hall–Kier alpha value is -3.07. The van der Waals surface area contributed by atoms with Crippen molar-refractivity contribution < 1.29 is 5.11 Å². The molecule has 2 nitrogen and oxygen atoms in total. The van der Waals surface area contributed by atoms with Crippen molar-refractivity contribution in [2.24, 2.45) is 0 Å². The lowest BCUT2D eigenvalue weighted by Crippen LogP contribution is -2.31. The van der Waals surface area contributed by atoms with E-state index in [1.807, 2.05) is 12.1 Å². The van der Waals surface area contributed by atoms with Gasteiger partial charge in [0, 0.05) is 19.6 Å². The number of piperidine rings is 1. The van der Waals surface area contributed by atoms with Gasteiger partial charge in [0.1, 0.15) is 5.75 Å². The molecule has 0 radical (unpaired) electrons. The fourth-order valence-corrected chi connectivity index (χ4v) is 4.67. The summed E-state index contributed by atoms with van der Waals surface area (Å²) >= 11 is 0. The summed E-state index contributed by atoms with van der Waals surface area (Å²) in [7, 11) is 0. The first-order chi connectivity index (χ1) is 15.3. The molecule has 0 aromatic heterocycles. The van der Waals surface area contributed by atoms with Gasteiger partial charge in [-0.05, 0) is 58.4 Å². The zero-order valence-electron chi connectivity index (χ0n) is 18.1. The number of phenolic OH excluding ortho intramolecular Hbond substituents is 1. The third-order valence-electron chi connectivity index (χ3n) is 6.26. The monoisotopic (exact) mass is 441 g/mol. The molecule has 0 bridgehead atoms. The van der Waals surface area contributed by atoms with Gasteiger partial charge in [-0.3, -0.25) is 4.90 Å². The summed E-state index contributed by atoms with van der Waals surface area (Å²) in [6.45, 7) is 3.08. The second-order valence-corrected chi connectivity index (χ2v) is 8.28. The largest absolute Gasteiger partial charge is 0.508 e. The van der Waals surface area contributed by atoms with Crippen LogP contribution in [0.4, 0.5) is 0 Å². The van der Waals surface area contributed by atoms with Crippen molar-refractivity contribution >= 4 is 36.2 Å². The summed E-state index contributed by atoms with van der Waals surface area (Å²) in [4.78, 5) is 2.51. The van der Waals surface area contributed by atoms with E-state index in [4.69, 9.17) is 0 Å². The molecule has 5 rings (SSSR count). The fraction of sp³-hybridized carbons (Fsp3) is 0.172. The maximum absolute atomic E-state index is 9.62. The molecule has 0 atom stereocenters. The van der Waals surface area contributed by atoms with Crippen LogP contribution in [0, 0.1) is 0 Å². The van der Waals surface area contributed by atoms with E-state index in [1.165, 1.54) is 27.8 Å². The first-order valence-corrected chi connectivity index (χ1v) is 11.0. The third kappa shape index (κ3) is 4.72. The lowest BCUT2D eigenvalue weighted by atomic mass is 9.86. The molecule has 1 aliphatic carbocycles. The predicted molar refractivity (Wildman–Crippen MR) is 138 cm³/mol. The summed E-state index contributed by atoms with van der Waals surface area (Å²) in [6.07, 6.45) is 11.0. The molecule has 3 aromatic carbocycles. The first kappa shape index (κ1) is 22.1. The Morgan fingerprint density at radius 3 is 2.03 bits per heavy atom. The zero-order valence-corrected chi connectivity index (χ0v) is 18.9. The Balaban J connectivity index is 0.00000245. The summed E-state index contributed by atoms with van der Waals surface area (Å²) in [5.41, 5.74) is 9.36. The van der Waals surface area contributed by atoms with Crippen LogP contribution in [0.1, 0.15) is 40.7 Å². The lowest BCUT2D eigenvalue weighted by molar-refractivity contribution is 0.284. The van der Waals surface area contributed by atoms with E-state index in [9.17, 15) is 5.11 Å². The molecular formula is C29H28ClNO. The van der Waals surface area contributed by atoms with Gasteiger partial charge >= 0.3 is 0 Å². The highest BCUT2D eigenvalue weighted by Gasteiger charge is 2.21. The number of hydrogen-bond donors (Lipinski definition) is 1. The van der Waals surface area contributed by atoms with Crippen molar-refractivity contribution in [2.45, 2.75) is 12.8 Å². The molecule has 32 heavy (non-hydrogen) atoms. The fourth-order valence-electron chi connectivity index (χ4n) is 4.67. The molecule has 1 heterocycles. The van der Waals surface area contributed by atoms with Crippen LogP contribution in [0.15, 0.2) is 84.4 Å². The molecular weight excluding hydrogens is 414 g/mol. The van der Waals surface area contributed by atoms with E-state index < -0.39 is 0 Å². The van der Waals surface area contributed by atoms with Gasteiger partial charge < -0.3 is 5.11 Å². The molecule has 1 aliphatic heterocycles. The van der Waals surface area contributed by atoms with E-state index >= 15 is 0 Å². The molecule has 0 spiro atoms. The zero-order chi connectivity index (χ0) is 21.0. The first-order valence-electron chi connectivity index (χ1n) is 11.0. The molecule has 0 amide bonds. The quantitative estimate of drug-likeness (QED) is 0.373. The Kier molecular flexibility index (Phi) is 6.94. The summed E-state index contributed by atoms with van der Waals surface area (Å²) in [5, 5.41) is 9.62. The van der Waals surface area contributed by atoms with E-state index in [0.29, 0.717) is 5.75 Å². The number of hydrogen-bond acceptors (Lipinski definition) is 2. The van der Waals surface area contributed by atoms with Crippen LogP contribution in [-0.2, 0) is 0 Å². The summed E-state index contributed by atoms with van der Waals surface area (Å²) < 4.78 is 0. The smallest absolute Gasteiger partial charge is 0.116 e. The number of aromatic hydroxyl groups is 1. The number of likely N-dealkylation sites (tertiary alicyclic amines) is 1. The molecule has 1 fully saturated rings. The van der Waals surface area contributed by atoms with Crippen LogP contribution in [0.2, 0.25) is 0 Å². The maximum Gasteiger partial charge on any atom is 0.116 e. The Labute approximate surface area is 196 Å². The van der Waals surface area contributed by atoms with Crippen LogP contribution >= 0.6 is 12.4 Å². The second-order valence-electron chi connectivity index (χ2n) is 8.28. The van der Waals surface area contributed by atoms with Crippen molar-refractivity contribution in [1.82, 2.24) is 4.90 Å². The number of benzene rings is 3. The highest BCUT2D eigenvalue weighted by Crippen LogP contribution is 2.38. The van der Waals surface area contributed by atoms with Crippen molar-refractivity contribution in [3.05, 3.63) is 112 Å².